The standard InChI is InChI=1S/C7H14O6S/c1-3-6(2)7(8)12-4-5-13-14(9,10)11/h6H,3-5H2,1-2H3,(H,9,10,11). The Morgan fingerprint density at radius 1 is 1.43 bits per heavy atom. The van der Waals surface area contributed by atoms with Gasteiger partial charge in [0.1, 0.15) is 13.2 Å². The lowest BCUT2D eigenvalue weighted by molar-refractivity contribution is -0.148. The first-order valence-corrected chi connectivity index (χ1v) is 5.51. The molecule has 0 aromatic rings. The first kappa shape index (κ1) is 13.3. The lowest BCUT2D eigenvalue weighted by Crippen LogP contribution is -2.18. The highest BCUT2D eigenvalue weighted by molar-refractivity contribution is 7.80. The number of hydrogen-bond acceptors (Lipinski definition) is 5. The Bertz CT molecular complexity index is 270. The highest BCUT2D eigenvalue weighted by atomic mass is 32.3. The largest absolute Gasteiger partial charge is 0.463 e. The van der Waals surface area contributed by atoms with Crippen LogP contribution in [0.2, 0.25) is 0 Å². The summed E-state index contributed by atoms with van der Waals surface area (Å²) < 4.78 is 36.9. The van der Waals surface area contributed by atoms with Crippen molar-refractivity contribution in [3.8, 4) is 0 Å². The van der Waals surface area contributed by atoms with E-state index >= 15 is 0 Å². The average Bonchev–Trinajstić information content (AvgIpc) is 2.09. The van der Waals surface area contributed by atoms with E-state index in [-0.39, 0.29) is 19.1 Å². The Morgan fingerprint density at radius 2 is 2.00 bits per heavy atom. The zero-order valence-electron chi connectivity index (χ0n) is 8.10. The van der Waals surface area contributed by atoms with E-state index < -0.39 is 16.4 Å². The fourth-order valence-corrected chi connectivity index (χ4v) is 0.869. The molecule has 0 fully saturated rings. The fourth-order valence-electron chi connectivity index (χ4n) is 0.591. The molecule has 0 aliphatic rings. The molecular formula is C7H14O6S. The third kappa shape index (κ3) is 6.81. The second-order valence-corrected chi connectivity index (χ2v) is 3.82. The van der Waals surface area contributed by atoms with Gasteiger partial charge in [-0.2, -0.15) is 8.42 Å². The van der Waals surface area contributed by atoms with Gasteiger partial charge in [0.2, 0.25) is 0 Å². The predicted octanol–water partition coefficient (Wildman–Crippen LogP) is 0.395. The highest BCUT2D eigenvalue weighted by Gasteiger charge is 2.12. The quantitative estimate of drug-likeness (QED) is 0.400. The summed E-state index contributed by atoms with van der Waals surface area (Å²) in [5.74, 6) is -0.632. The SMILES string of the molecule is CCC(C)C(=O)OCCOS(=O)(=O)O. The molecule has 6 nitrogen and oxygen atoms in total. The summed E-state index contributed by atoms with van der Waals surface area (Å²) in [5.41, 5.74) is 0. The van der Waals surface area contributed by atoms with Crippen molar-refractivity contribution >= 4 is 16.4 Å². The Hall–Kier alpha value is -0.660. The van der Waals surface area contributed by atoms with Gasteiger partial charge >= 0.3 is 16.4 Å². The number of ether oxygens (including phenoxy) is 1. The molecule has 0 bridgehead atoms. The van der Waals surface area contributed by atoms with Gasteiger partial charge in [-0.25, -0.2) is 4.18 Å². The van der Waals surface area contributed by atoms with Crippen LogP contribution >= 0.6 is 0 Å². The van der Waals surface area contributed by atoms with Crippen LogP contribution in [0.3, 0.4) is 0 Å². The summed E-state index contributed by atoms with van der Waals surface area (Å²) in [6.07, 6.45) is 0.651. The number of carbonyl (C=O) groups is 1. The molecular weight excluding hydrogens is 212 g/mol. The Morgan fingerprint density at radius 3 is 2.43 bits per heavy atom. The molecule has 0 heterocycles. The lowest BCUT2D eigenvalue weighted by atomic mass is 10.1. The molecule has 0 radical (unpaired) electrons. The van der Waals surface area contributed by atoms with Gasteiger partial charge in [0.05, 0.1) is 5.92 Å². The monoisotopic (exact) mass is 226 g/mol. The van der Waals surface area contributed by atoms with Crippen LogP contribution in [0.5, 0.6) is 0 Å². The molecule has 1 unspecified atom stereocenters. The molecule has 1 N–H and O–H groups in total. The minimum atomic E-state index is -4.44. The maximum absolute atomic E-state index is 11.0. The minimum absolute atomic E-state index is 0.192. The highest BCUT2D eigenvalue weighted by Crippen LogP contribution is 2.02. The van der Waals surface area contributed by atoms with Crippen LogP contribution in [-0.4, -0.2) is 32.2 Å². The molecule has 0 aliphatic carbocycles. The van der Waals surface area contributed by atoms with E-state index in [1.54, 1.807) is 6.92 Å². The molecule has 0 aromatic carbocycles. The predicted molar refractivity (Wildman–Crippen MR) is 47.9 cm³/mol. The van der Waals surface area contributed by atoms with E-state index in [4.69, 9.17) is 4.55 Å². The molecule has 84 valence electrons. The molecule has 7 heteroatoms. The molecule has 1 atom stereocenters. The molecule has 14 heavy (non-hydrogen) atoms. The van der Waals surface area contributed by atoms with Crippen molar-refractivity contribution in [3.63, 3.8) is 0 Å². The summed E-state index contributed by atoms with van der Waals surface area (Å²) in [6, 6.07) is 0. The van der Waals surface area contributed by atoms with Crippen molar-refractivity contribution in [1.82, 2.24) is 0 Å². The Labute approximate surface area is 83.2 Å². The maximum Gasteiger partial charge on any atom is 0.397 e. The fraction of sp³-hybridized carbons (Fsp3) is 0.857. The molecule has 0 saturated carbocycles. The topological polar surface area (TPSA) is 89.9 Å². The van der Waals surface area contributed by atoms with Gasteiger partial charge in [0.15, 0.2) is 0 Å². The molecule has 0 rings (SSSR count). The van der Waals surface area contributed by atoms with Gasteiger partial charge in [-0.3, -0.25) is 9.35 Å². The molecule has 0 amide bonds. The second-order valence-electron chi connectivity index (χ2n) is 2.73. The third-order valence-electron chi connectivity index (χ3n) is 1.57. The Balaban J connectivity index is 3.61. The first-order chi connectivity index (χ1) is 6.37. The number of carbonyl (C=O) groups excluding carboxylic acids is 1. The molecule has 0 aliphatic heterocycles. The van der Waals surface area contributed by atoms with Gasteiger partial charge in [0.25, 0.3) is 0 Å². The summed E-state index contributed by atoms with van der Waals surface area (Å²) in [6.45, 7) is 2.97. The average molecular weight is 226 g/mol. The van der Waals surface area contributed by atoms with E-state index in [1.165, 1.54) is 0 Å². The number of hydrogen-bond donors (Lipinski definition) is 1. The van der Waals surface area contributed by atoms with Gasteiger partial charge in [-0.1, -0.05) is 13.8 Å². The van der Waals surface area contributed by atoms with Crippen molar-refractivity contribution in [1.29, 1.82) is 0 Å². The van der Waals surface area contributed by atoms with E-state index in [1.807, 2.05) is 6.92 Å². The van der Waals surface area contributed by atoms with Gasteiger partial charge in [-0.05, 0) is 6.42 Å². The lowest BCUT2D eigenvalue weighted by Gasteiger charge is -2.08. The van der Waals surface area contributed by atoms with Crippen molar-refractivity contribution in [2.75, 3.05) is 13.2 Å². The van der Waals surface area contributed by atoms with E-state index in [0.29, 0.717) is 6.42 Å². The van der Waals surface area contributed by atoms with Gasteiger partial charge in [0, 0.05) is 0 Å². The van der Waals surface area contributed by atoms with Crippen LogP contribution in [0.4, 0.5) is 0 Å². The zero-order chi connectivity index (χ0) is 11.2. The summed E-state index contributed by atoms with van der Waals surface area (Å²) in [7, 11) is -4.44. The molecule has 0 aromatic heterocycles. The van der Waals surface area contributed by atoms with Crippen molar-refractivity contribution in [3.05, 3.63) is 0 Å². The minimum Gasteiger partial charge on any atom is -0.463 e. The van der Waals surface area contributed by atoms with Crippen molar-refractivity contribution in [2.24, 2.45) is 5.92 Å². The van der Waals surface area contributed by atoms with Crippen LogP contribution in [0.1, 0.15) is 20.3 Å². The zero-order valence-corrected chi connectivity index (χ0v) is 8.91. The van der Waals surface area contributed by atoms with E-state index in [0.717, 1.165) is 0 Å². The Kier molecular flexibility index (Phi) is 5.66. The third-order valence-corrected chi connectivity index (χ3v) is 2.04. The van der Waals surface area contributed by atoms with Crippen LogP contribution in [0.15, 0.2) is 0 Å². The number of esters is 1. The number of rotatable bonds is 6. The van der Waals surface area contributed by atoms with Gasteiger partial charge < -0.3 is 4.74 Å². The summed E-state index contributed by atoms with van der Waals surface area (Å²) in [4.78, 5) is 11.0. The van der Waals surface area contributed by atoms with Crippen LogP contribution in [-0.2, 0) is 24.1 Å². The van der Waals surface area contributed by atoms with Crippen molar-refractivity contribution < 1.29 is 26.7 Å². The maximum atomic E-state index is 11.0. The smallest absolute Gasteiger partial charge is 0.397 e. The van der Waals surface area contributed by atoms with E-state index in [2.05, 4.69) is 8.92 Å². The summed E-state index contributed by atoms with van der Waals surface area (Å²) in [5, 5.41) is 0. The van der Waals surface area contributed by atoms with Gasteiger partial charge in [-0.15, -0.1) is 0 Å². The first-order valence-electron chi connectivity index (χ1n) is 4.15. The summed E-state index contributed by atoms with van der Waals surface area (Å²) >= 11 is 0. The van der Waals surface area contributed by atoms with Crippen LogP contribution in [0.25, 0.3) is 0 Å². The van der Waals surface area contributed by atoms with Crippen LogP contribution in [0, 0.1) is 5.92 Å². The van der Waals surface area contributed by atoms with Crippen LogP contribution < -0.4 is 0 Å². The molecule has 0 saturated heterocycles. The van der Waals surface area contributed by atoms with E-state index in [9.17, 15) is 13.2 Å². The molecule has 0 spiro atoms. The normalized spacial score (nSPS) is 13.6. The second kappa shape index (κ2) is 5.94. The van der Waals surface area contributed by atoms with Crippen molar-refractivity contribution in [2.45, 2.75) is 20.3 Å².